The topological polar surface area (TPSA) is 4.93 Å². The summed E-state index contributed by atoms with van der Waals surface area (Å²) in [6.07, 6.45) is 4.34. The van der Waals surface area contributed by atoms with E-state index < -0.39 is 0 Å². The minimum Gasteiger partial charge on any atom is -0.309 e. The van der Waals surface area contributed by atoms with E-state index in [0.717, 1.165) is 0 Å². The van der Waals surface area contributed by atoms with Crippen molar-refractivity contribution in [1.82, 2.24) is 4.57 Å². The highest BCUT2D eigenvalue weighted by Crippen LogP contribution is 2.33. The van der Waals surface area contributed by atoms with Gasteiger partial charge in [0.1, 0.15) is 0 Å². The highest BCUT2D eigenvalue weighted by Gasteiger charge is 2.11. The molecule has 6 aromatic rings. The van der Waals surface area contributed by atoms with Gasteiger partial charge in [0.25, 0.3) is 0 Å². The van der Waals surface area contributed by atoms with Gasteiger partial charge in [-0.3, -0.25) is 0 Å². The maximum Gasteiger partial charge on any atom is 0.0541 e. The van der Waals surface area contributed by atoms with Crippen LogP contribution in [0.4, 0.5) is 0 Å². The minimum absolute atomic E-state index is 1.18. The zero-order valence-corrected chi connectivity index (χ0v) is 18.2. The van der Waals surface area contributed by atoms with Gasteiger partial charge in [0.15, 0.2) is 0 Å². The first-order valence-corrected chi connectivity index (χ1v) is 11.3. The Kier molecular flexibility index (Phi) is 4.86. The smallest absolute Gasteiger partial charge is 0.0541 e. The number of aromatic nitrogens is 1. The Morgan fingerprint density at radius 1 is 0.424 bits per heavy atom. The van der Waals surface area contributed by atoms with E-state index in [-0.39, 0.29) is 0 Å². The predicted octanol–water partition coefficient (Wildman–Crippen LogP) is 8.62. The lowest BCUT2D eigenvalue weighted by Crippen LogP contribution is -1.94. The van der Waals surface area contributed by atoms with Gasteiger partial charge in [-0.25, -0.2) is 0 Å². The van der Waals surface area contributed by atoms with E-state index in [9.17, 15) is 0 Å². The monoisotopic (exact) mass is 421 g/mol. The first-order chi connectivity index (χ1) is 16.4. The number of rotatable bonds is 4. The first kappa shape index (κ1) is 19.3. The SMILES string of the molecule is C(=Cc1cccc(-c2cccc(-n3c4ccccc4c4ccccc43)c2)c1)c1ccccc1. The number of hydrogen-bond donors (Lipinski definition) is 0. The maximum atomic E-state index is 2.37. The summed E-state index contributed by atoms with van der Waals surface area (Å²) in [5.41, 5.74) is 8.47. The number of benzene rings is 5. The van der Waals surface area contributed by atoms with Crippen LogP contribution in [0.1, 0.15) is 11.1 Å². The third kappa shape index (κ3) is 3.64. The third-order valence-electron chi connectivity index (χ3n) is 6.17. The molecular formula is C32H23N. The molecule has 0 fully saturated rings. The largest absolute Gasteiger partial charge is 0.309 e. The van der Waals surface area contributed by atoms with E-state index in [1.54, 1.807) is 0 Å². The van der Waals surface area contributed by atoms with Gasteiger partial charge in [0.2, 0.25) is 0 Å². The van der Waals surface area contributed by atoms with Crippen LogP contribution in [-0.2, 0) is 0 Å². The summed E-state index contributed by atoms with van der Waals surface area (Å²) in [6, 6.07) is 45.3. The molecule has 0 N–H and O–H groups in total. The molecule has 0 bridgehead atoms. The second-order valence-corrected chi connectivity index (χ2v) is 8.29. The summed E-state index contributed by atoms with van der Waals surface area (Å²) >= 11 is 0. The van der Waals surface area contributed by atoms with Crippen molar-refractivity contribution in [1.29, 1.82) is 0 Å². The molecule has 1 aromatic heterocycles. The second kappa shape index (κ2) is 8.29. The van der Waals surface area contributed by atoms with Crippen molar-refractivity contribution in [3.8, 4) is 16.8 Å². The molecule has 1 nitrogen and oxygen atoms in total. The van der Waals surface area contributed by atoms with Crippen LogP contribution in [0.25, 0.3) is 50.8 Å². The minimum atomic E-state index is 1.18. The van der Waals surface area contributed by atoms with Crippen LogP contribution in [0.5, 0.6) is 0 Å². The van der Waals surface area contributed by atoms with Gasteiger partial charge in [0.05, 0.1) is 11.0 Å². The molecule has 1 heterocycles. The molecule has 0 aliphatic rings. The van der Waals surface area contributed by atoms with Gasteiger partial charge in [-0.15, -0.1) is 0 Å². The van der Waals surface area contributed by atoms with Crippen molar-refractivity contribution in [2.45, 2.75) is 0 Å². The van der Waals surface area contributed by atoms with E-state index >= 15 is 0 Å². The molecule has 0 aliphatic carbocycles. The average molecular weight is 422 g/mol. The Morgan fingerprint density at radius 3 is 1.70 bits per heavy atom. The molecule has 1 heteroatoms. The molecular weight excluding hydrogens is 398 g/mol. The second-order valence-electron chi connectivity index (χ2n) is 8.29. The molecule has 156 valence electrons. The first-order valence-electron chi connectivity index (χ1n) is 11.3. The normalized spacial score (nSPS) is 11.5. The summed E-state index contributed by atoms with van der Waals surface area (Å²) in [4.78, 5) is 0. The number of fused-ring (bicyclic) bond motifs is 3. The van der Waals surface area contributed by atoms with Crippen LogP contribution in [0.3, 0.4) is 0 Å². The van der Waals surface area contributed by atoms with Crippen LogP contribution >= 0.6 is 0 Å². The lowest BCUT2D eigenvalue weighted by Gasteiger charge is -2.10. The van der Waals surface area contributed by atoms with Crippen LogP contribution in [-0.4, -0.2) is 4.57 Å². The lowest BCUT2D eigenvalue weighted by molar-refractivity contribution is 1.18. The molecule has 0 saturated heterocycles. The number of nitrogens with zero attached hydrogens (tertiary/aromatic N) is 1. The average Bonchev–Trinajstić information content (AvgIpc) is 3.23. The highest BCUT2D eigenvalue weighted by atomic mass is 15.0. The van der Waals surface area contributed by atoms with Crippen LogP contribution in [0.15, 0.2) is 127 Å². The van der Waals surface area contributed by atoms with Gasteiger partial charge >= 0.3 is 0 Å². The molecule has 0 spiro atoms. The third-order valence-corrected chi connectivity index (χ3v) is 6.17. The van der Waals surface area contributed by atoms with E-state index in [1.165, 1.54) is 49.7 Å². The summed E-state index contributed by atoms with van der Waals surface area (Å²) in [7, 11) is 0. The molecule has 0 radical (unpaired) electrons. The highest BCUT2D eigenvalue weighted by molar-refractivity contribution is 6.09. The molecule has 0 saturated carbocycles. The molecule has 0 atom stereocenters. The van der Waals surface area contributed by atoms with E-state index in [0.29, 0.717) is 0 Å². The summed E-state index contributed by atoms with van der Waals surface area (Å²) in [6.45, 7) is 0. The standard InChI is InChI=1S/C32H23N/c1-2-10-24(11-3-1)20-21-25-12-8-13-26(22-25)27-14-9-15-28(23-27)33-31-18-6-4-16-29(31)30-17-5-7-19-32(30)33/h1-23H. The fourth-order valence-electron chi connectivity index (χ4n) is 4.60. The summed E-state index contributed by atoms with van der Waals surface area (Å²) < 4.78 is 2.37. The van der Waals surface area contributed by atoms with Crippen LogP contribution < -0.4 is 0 Å². The summed E-state index contributed by atoms with van der Waals surface area (Å²) in [5, 5.41) is 2.57. The van der Waals surface area contributed by atoms with Crippen LogP contribution in [0.2, 0.25) is 0 Å². The molecule has 0 unspecified atom stereocenters. The van der Waals surface area contributed by atoms with Crippen molar-refractivity contribution in [2.75, 3.05) is 0 Å². The van der Waals surface area contributed by atoms with E-state index in [4.69, 9.17) is 0 Å². The maximum absolute atomic E-state index is 2.37. The summed E-state index contributed by atoms with van der Waals surface area (Å²) in [5.74, 6) is 0. The Labute approximate surface area is 193 Å². The van der Waals surface area contributed by atoms with Gasteiger partial charge in [-0.05, 0) is 52.6 Å². The van der Waals surface area contributed by atoms with Crippen molar-refractivity contribution < 1.29 is 0 Å². The van der Waals surface area contributed by atoms with E-state index in [1.807, 2.05) is 6.07 Å². The van der Waals surface area contributed by atoms with Gasteiger partial charge in [0, 0.05) is 16.5 Å². The molecule has 33 heavy (non-hydrogen) atoms. The van der Waals surface area contributed by atoms with Gasteiger partial charge in [-0.1, -0.05) is 109 Å². The Morgan fingerprint density at radius 2 is 0.970 bits per heavy atom. The van der Waals surface area contributed by atoms with Crippen molar-refractivity contribution in [3.05, 3.63) is 139 Å². The lowest BCUT2D eigenvalue weighted by atomic mass is 10.0. The Balaban J connectivity index is 1.43. The van der Waals surface area contributed by atoms with Crippen molar-refractivity contribution in [2.24, 2.45) is 0 Å². The zero-order chi connectivity index (χ0) is 22.0. The van der Waals surface area contributed by atoms with Gasteiger partial charge in [-0.2, -0.15) is 0 Å². The number of hydrogen-bond acceptors (Lipinski definition) is 0. The fraction of sp³-hybridized carbons (Fsp3) is 0. The number of para-hydroxylation sites is 2. The molecule has 0 aliphatic heterocycles. The molecule has 5 aromatic carbocycles. The predicted molar refractivity (Wildman–Crippen MR) is 142 cm³/mol. The van der Waals surface area contributed by atoms with E-state index in [2.05, 4.69) is 138 Å². The van der Waals surface area contributed by atoms with Crippen molar-refractivity contribution in [3.63, 3.8) is 0 Å². The zero-order valence-electron chi connectivity index (χ0n) is 18.2. The molecule has 0 amide bonds. The Bertz CT molecular complexity index is 1550. The van der Waals surface area contributed by atoms with Gasteiger partial charge < -0.3 is 4.57 Å². The Hall–Kier alpha value is -4.36. The van der Waals surface area contributed by atoms with Crippen LogP contribution in [0, 0.1) is 0 Å². The molecule has 6 rings (SSSR count). The quantitative estimate of drug-likeness (QED) is 0.251. The van der Waals surface area contributed by atoms with Crippen molar-refractivity contribution >= 4 is 34.0 Å². The fourth-order valence-corrected chi connectivity index (χ4v) is 4.60.